The molecule has 2 N–H and O–H groups in total. The van der Waals surface area contributed by atoms with Gasteiger partial charge in [-0.3, -0.25) is 14.9 Å². The Morgan fingerprint density at radius 1 is 1.29 bits per heavy atom. The van der Waals surface area contributed by atoms with Crippen LogP contribution in [0.25, 0.3) is 11.3 Å². The van der Waals surface area contributed by atoms with E-state index in [2.05, 4.69) is 20.5 Å². The van der Waals surface area contributed by atoms with Gasteiger partial charge in [0.05, 0.1) is 5.69 Å². The smallest absolute Gasteiger partial charge is 0.351 e. The van der Waals surface area contributed by atoms with E-state index in [0.29, 0.717) is 5.69 Å². The summed E-state index contributed by atoms with van der Waals surface area (Å²) in [6, 6.07) is 5.01. The van der Waals surface area contributed by atoms with Crippen LogP contribution in [0.15, 0.2) is 30.6 Å². The van der Waals surface area contributed by atoms with Gasteiger partial charge < -0.3 is 5.32 Å². The number of carbonyl (C=O) groups is 1. The highest BCUT2D eigenvalue weighted by molar-refractivity contribution is 5.93. The number of hydrogen-bond acceptors (Lipinski definition) is 3. The van der Waals surface area contributed by atoms with Crippen molar-refractivity contribution in [2.45, 2.75) is 19.0 Å². The minimum absolute atomic E-state index is 0.0397. The van der Waals surface area contributed by atoms with Gasteiger partial charge in [-0.15, -0.1) is 0 Å². The third kappa shape index (κ3) is 4.59. The van der Waals surface area contributed by atoms with E-state index in [1.54, 1.807) is 24.5 Å². The summed E-state index contributed by atoms with van der Waals surface area (Å²) >= 11 is 0. The first-order chi connectivity index (χ1) is 9.96. The van der Waals surface area contributed by atoms with Gasteiger partial charge in [-0.2, -0.15) is 18.3 Å². The minimum Gasteiger partial charge on any atom is -0.351 e. The molecule has 2 heterocycles. The molecule has 2 rings (SSSR count). The van der Waals surface area contributed by atoms with Crippen molar-refractivity contribution in [3.8, 4) is 11.3 Å². The lowest BCUT2D eigenvalue weighted by atomic mass is 10.2. The number of pyridine rings is 1. The van der Waals surface area contributed by atoms with Gasteiger partial charge in [0.15, 0.2) is 0 Å². The molecule has 0 aromatic carbocycles. The van der Waals surface area contributed by atoms with Gasteiger partial charge in [-0.1, -0.05) is 0 Å². The highest BCUT2D eigenvalue weighted by Gasteiger charge is 2.26. The van der Waals surface area contributed by atoms with Crippen LogP contribution in [0.2, 0.25) is 0 Å². The van der Waals surface area contributed by atoms with Crippen LogP contribution in [0.1, 0.15) is 23.3 Å². The van der Waals surface area contributed by atoms with Gasteiger partial charge in [0.25, 0.3) is 5.91 Å². The van der Waals surface area contributed by atoms with Crippen molar-refractivity contribution >= 4 is 5.91 Å². The second kappa shape index (κ2) is 6.38. The lowest BCUT2D eigenvalue weighted by molar-refractivity contribution is -0.135. The Labute approximate surface area is 118 Å². The van der Waals surface area contributed by atoms with Crippen LogP contribution in [-0.4, -0.2) is 33.8 Å². The van der Waals surface area contributed by atoms with Gasteiger partial charge in [0.2, 0.25) is 0 Å². The molecule has 5 nitrogen and oxygen atoms in total. The molecule has 8 heteroatoms. The van der Waals surface area contributed by atoms with Gasteiger partial charge in [0.1, 0.15) is 5.69 Å². The number of carbonyl (C=O) groups excluding carboxylic acids is 1. The number of aromatic amines is 1. The second-order valence-electron chi connectivity index (χ2n) is 4.38. The second-order valence-corrected chi connectivity index (χ2v) is 4.38. The van der Waals surface area contributed by atoms with E-state index >= 15 is 0 Å². The summed E-state index contributed by atoms with van der Waals surface area (Å²) in [5.41, 5.74) is 1.56. The number of hydrogen-bond donors (Lipinski definition) is 2. The fourth-order valence-corrected chi connectivity index (χ4v) is 1.69. The molecule has 0 aliphatic rings. The Balaban J connectivity index is 1.88. The van der Waals surface area contributed by atoms with Crippen molar-refractivity contribution in [1.82, 2.24) is 20.5 Å². The molecule has 2 aromatic rings. The number of H-pyrrole nitrogens is 1. The third-order valence-electron chi connectivity index (χ3n) is 2.72. The maximum absolute atomic E-state index is 12.0. The summed E-state index contributed by atoms with van der Waals surface area (Å²) in [5, 5.41) is 8.95. The highest BCUT2D eigenvalue weighted by Crippen LogP contribution is 2.20. The van der Waals surface area contributed by atoms with Gasteiger partial charge in [-0.25, -0.2) is 0 Å². The molecule has 0 atom stereocenters. The Bertz CT molecular complexity index is 595. The van der Waals surface area contributed by atoms with Crippen LogP contribution in [0.5, 0.6) is 0 Å². The molecule has 2 aromatic heterocycles. The number of rotatable bonds is 5. The monoisotopic (exact) mass is 298 g/mol. The summed E-state index contributed by atoms with van der Waals surface area (Å²) in [4.78, 5) is 15.6. The number of nitrogens with one attached hydrogen (secondary N) is 2. The Hall–Kier alpha value is -2.38. The number of alkyl halides is 3. The summed E-state index contributed by atoms with van der Waals surface area (Å²) in [6.45, 7) is -0.0397. The fourth-order valence-electron chi connectivity index (χ4n) is 1.69. The van der Waals surface area contributed by atoms with E-state index in [0.717, 1.165) is 5.56 Å². The van der Waals surface area contributed by atoms with Crippen LogP contribution >= 0.6 is 0 Å². The SMILES string of the molecule is O=C(NCCCC(F)(F)F)c1cc(-c2ccncc2)n[nH]1. The average molecular weight is 298 g/mol. The maximum atomic E-state index is 12.0. The Morgan fingerprint density at radius 2 is 2.00 bits per heavy atom. The lowest BCUT2D eigenvalue weighted by Gasteiger charge is -2.06. The Morgan fingerprint density at radius 3 is 2.67 bits per heavy atom. The van der Waals surface area contributed by atoms with Crippen LogP contribution in [0.4, 0.5) is 13.2 Å². The first-order valence-electron chi connectivity index (χ1n) is 6.26. The standard InChI is InChI=1S/C13H13F3N4O/c14-13(15,16)4-1-5-18-12(21)11-8-10(19-20-11)9-2-6-17-7-3-9/h2-3,6-8H,1,4-5H2,(H,18,21)(H,19,20). The molecule has 0 fully saturated rings. The van der Waals surface area contributed by atoms with Crippen molar-refractivity contribution in [2.75, 3.05) is 6.54 Å². The summed E-state index contributed by atoms with van der Waals surface area (Å²) in [5.74, 6) is -0.481. The first-order valence-corrected chi connectivity index (χ1v) is 6.26. The largest absolute Gasteiger partial charge is 0.389 e. The molecule has 0 aliphatic heterocycles. The molecule has 0 bridgehead atoms. The fraction of sp³-hybridized carbons (Fsp3) is 0.308. The molecule has 0 saturated carbocycles. The zero-order valence-corrected chi connectivity index (χ0v) is 10.9. The highest BCUT2D eigenvalue weighted by atomic mass is 19.4. The molecule has 0 radical (unpaired) electrons. The zero-order chi connectivity index (χ0) is 15.3. The number of nitrogens with zero attached hydrogens (tertiary/aromatic N) is 2. The number of amides is 1. The quantitative estimate of drug-likeness (QED) is 0.833. The van der Waals surface area contributed by atoms with E-state index in [-0.39, 0.29) is 18.7 Å². The molecule has 0 spiro atoms. The predicted octanol–water partition coefficient (Wildman–Crippen LogP) is 2.54. The molecular formula is C13H13F3N4O. The van der Waals surface area contributed by atoms with E-state index in [1.807, 2.05) is 0 Å². The summed E-state index contributed by atoms with van der Waals surface area (Å²) in [7, 11) is 0. The van der Waals surface area contributed by atoms with E-state index in [9.17, 15) is 18.0 Å². The third-order valence-corrected chi connectivity index (χ3v) is 2.72. The number of aromatic nitrogens is 3. The first kappa shape index (κ1) is 15.0. The van der Waals surface area contributed by atoms with E-state index in [1.165, 1.54) is 6.07 Å². The number of halogens is 3. The maximum Gasteiger partial charge on any atom is 0.389 e. The minimum atomic E-state index is -4.20. The predicted molar refractivity (Wildman–Crippen MR) is 69.4 cm³/mol. The van der Waals surface area contributed by atoms with Crippen LogP contribution in [0.3, 0.4) is 0 Å². The molecular weight excluding hydrogens is 285 g/mol. The summed E-state index contributed by atoms with van der Waals surface area (Å²) < 4.78 is 35.9. The van der Waals surface area contributed by atoms with E-state index in [4.69, 9.17) is 0 Å². The Kier molecular flexibility index (Phi) is 4.56. The van der Waals surface area contributed by atoms with Crippen molar-refractivity contribution in [3.63, 3.8) is 0 Å². The molecule has 0 aliphatic carbocycles. The van der Waals surface area contributed by atoms with Crippen LogP contribution in [-0.2, 0) is 0 Å². The van der Waals surface area contributed by atoms with Crippen molar-refractivity contribution in [1.29, 1.82) is 0 Å². The molecule has 1 amide bonds. The lowest BCUT2D eigenvalue weighted by Crippen LogP contribution is -2.25. The van der Waals surface area contributed by atoms with Crippen LogP contribution < -0.4 is 5.32 Å². The van der Waals surface area contributed by atoms with Crippen molar-refractivity contribution < 1.29 is 18.0 Å². The van der Waals surface area contributed by atoms with Gasteiger partial charge in [0, 0.05) is 30.9 Å². The molecule has 112 valence electrons. The van der Waals surface area contributed by atoms with Crippen molar-refractivity contribution in [2.24, 2.45) is 0 Å². The zero-order valence-electron chi connectivity index (χ0n) is 10.9. The normalized spacial score (nSPS) is 11.4. The topological polar surface area (TPSA) is 70.7 Å². The van der Waals surface area contributed by atoms with Crippen LogP contribution in [0, 0.1) is 0 Å². The van der Waals surface area contributed by atoms with Gasteiger partial charge >= 0.3 is 6.18 Å². The van der Waals surface area contributed by atoms with Crippen molar-refractivity contribution in [3.05, 3.63) is 36.3 Å². The molecule has 0 saturated heterocycles. The molecule has 0 unspecified atom stereocenters. The van der Waals surface area contributed by atoms with E-state index < -0.39 is 18.5 Å². The average Bonchev–Trinajstić information content (AvgIpc) is 2.93. The molecule has 21 heavy (non-hydrogen) atoms. The summed E-state index contributed by atoms with van der Waals surface area (Å²) in [6.07, 6.45) is -2.08. The van der Waals surface area contributed by atoms with Gasteiger partial charge in [-0.05, 0) is 24.6 Å².